The van der Waals surface area contributed by atoms with E-state index in [4.69, 9.17) is 5.73 Å². The molecule has 0 aliphatic rings. The van der Waals surface area contributed by atoms with Crippen molar-refractivity contribution < 1.29 is 9.79 Å². The standard InChI is InChI=1S/C15H13N3O/c1-10-13-4-2-3-5-14(13)15(19)17-18(10)12-8-6-11(16)7-9-12/h2-9H,1H3,(H2-,16,17,19). The first-order chi connectivity index (χ1) is 9.16. The lowest BCUT2D eigenvalue weighted by molar-refractivity contribution is -0.669. The van der Waals surface area contributed by atoms with Crippen LogP contribution in [0.25, 0.3) is 16.5 Å². The quantitative estimate of drug-likeness (QED) is 0.526. The molecular formula is C15H13N3O. The van der Waals surface area contributed by atoms with Crippen LogP contribution in [-0.4, -0.2) is 5.10 Å². The van der Waals surface area contributed by atoms with E-state index in [1.54, 1.807) is 22.9 Å². The summed E-state index contributed by atoms with van der Waals surface area (Å²) in [5.41, 5.74) is 8.12. The summed E-state index contributed by atoms with van der Waals surface area (Å²) in [5.74, 6) is -0.224. The third-order valence-corrected chi connectivity index (χ3v) is 3.19. The second-order valence-electron chi connectivity index (χ2n) is 4.44. The molecule has 3 rings (SSSR count). The average molecular weight is 251 g/mol. The van der Waals surface area contributed by atoms with Crippen LogP contribution in [0.15, 0.2) is 48.5 Å². The van der Waals surface area contributed by atoms with Crippen molar-refractivity contribution in [2.45, 2.75) is 6.92 Å². The van der Waals surface area contributed by atoms with Gasteiger partial charge in [0.25, 0.3) is 0 Å². The van der Waals surface area contributed by atoms with Crippen LogP contribution in [0, 0.1) is 6.92 Å². The number of rotatable bonds is 1. The molecule has 0 unspecified atom stereocenters. The smallest absolute Gasteiger partial charge is 0.238 e. The minimum Gasteiger partial charge on any atom is -0.854 e. The van der Waals surface area contributed by atoms with Crippen LogP contribution in [-0.2, 0) is 0 Å². The Bertz CT molecular complexity index is 751. The maximum atomic E-state index is 12.0. The maximum absolute atomic E-state index is 12.0. The van der Waals surface area contributed by atoms with E-state index < -0.39 is 0 Å². The molecule has 94 valence electrons. The van der Waals surface area contributed by atoms with Gasteiger partial charge in [0.2, 0.25) is 11.4 Å². The van der Waals surface area contributed by atoms with Crippen molar-refractivity contribution >= 4 is 16.5 Å². The zero-order chi connectivity index (χ0) is 13.4. The molecule has 0 saturated carbocycles. The summed E-state index contributed by atoms with van der Waals surface area (Å²) in [4.78, 5) is 0. The van der Waals surface area contributed by atoms with Gasteiger partial charge in [0.05, 0.1) is 11.3 Å². The molecule has 0 fully saturated rings. The van der Waals surface area contributed by atoms with Gasteiger partial charge in [0.15, 0.2) is 0 Å². The van der Waals surface area contributed by atoms with Crippen molar-refractivity contribution in [1.82, 2.24) is 5.10 Å². The lowest BCUT2D eigenvalue weighted by Gasteiger charge is -2.09. The number of benzene rings is 2. The van der Waals surface area contributed by atoms with Crippen molar-refractivity contribution in [3.63, 3.8) is 0 Å². The van der Waals surface area contributed by atoms with E-state index >= 15 is 0 Å². The Morgan fingerprint density at radius 3 is 2.32 bits per heavy atom. The van der Waals surface area contributed by atoms with Gasteiger partial charge >= 0.3 is 0 Å². The van der Waals surface area contributed by atoms with Crippen molar-refractivity contribution in [2.24, 2.45) is 0 Å². The number of fused-ring (bicyclic) bond motifs is 1. The largest absolute Gasteiger partial charge is 0.854 e. The molecule has 0 radical (unpaired) electrons. The number of nitrogen functional groups attached to an aromatic ring is 1. The highest BCUT2D eigenvalue weighted by atomic mass is 16.3. The van der Waals surface area contributed by atoms with Gasteiger partial charge < -0.3 is 10.8 Å². The molecular weight excluding hydrogens is 238 g/mol. The van der Waals surface area contributed by atoms with Crippen LogP contribution in [0.3, 0.4) is 0 Å². The summed E-state index contributed by atoms with van der Waals surface area (Å²) in [5, 5.41) is 17.7. The fraction of sp³-hybridized carbons (Fsp3) is 0.0667. The molecule has 1 heterocycles. The number of aromatic nitrogens is 2. The van der Waals surface area contributed by atoms with Crippen LogP contribution < -0.4 is 15.5 Å². The van der Waals surface area contributed by atoms with E-state index in [2.05, 4.69) is 5.10 Å². The highest BCUT2D eigenvalue weighted by Crippen LogP contribution is 2.21. The molecule has 4 heteroatoms. The molecule has 4 nitrogen and oxygen atoms in total. The Kier molecular flexibility index (Phi) is 2.56. The van der Waals surface area contributed by atoms with Crippen molar-refractivity contribution in [2.75, 3.05) is 5.73 Å². The molecule has 0 saturated heterocycles. The van der Waals surface area contributed by atoms with Gasteiger partial charge in [-0.05, 0) is 23.3 Å². The van der Waals surface area contributed by atoms with E-state index in [9.17, 15) is 5.11 Å². The van der Waals surface area contributed by atoms with Gasteiger partial charge in [-0.25, -0.2) is 0 Å². The minimum absolute atomic E-state index is 0.224. The molecule has 0 bridgehead atoms. The fourth-order valence-corrected chi connectivity index (χ4v) is 2.19. The lowest BCUT2D eigenvalue weighted by atomic mass is 10.1. The van der Waals surface area contributed by atoms with Crippen LogP contribution >= 0.6 is 0 Å². The Labute approximate surface area is 110 Å². The number of nitrogens with two attached hydrogens (primary N) is 1. The zero-order valence-electron chi connectivity index (χ0n) is 10.5. The highest BCUT2D eigenvalue weighted by molar-refractivity contribution is 5.86. The van der Waals surface area contributed by atoms with Crippen molar-refractivity contribution in [3.05, 3.63) is 54.2 Å². The van der Waals surface area contributed by atoms with Crippen LogP contribution in [0.2, 0.25) is 0 Å². The van der Waals surface area contributed by atoms with Crippen LogP contribution in [0.4, 0.5) is 5.69 Å². The average Bonchev–Trinajstić information content (AvgIpc) is 2.44. The lowest BCUT2D eigenvalue weighted by Crippen LogP contribution is -2.39. The Balaban J connectivity index is 2.30. The summed E-state index contributed by atoms with van der Waals surface area (Å²) >= 11 is 0. The summed E-state index contributed by atoms with van der Waals surface area (Å²) in [6.45, 7) is 1.95. The number of nitrogens with zero attached hydrogens (tertiary/aromatic N) is 2. The summed E-state index contributed by atoms with van der Waals surface area (Å²) in [6, 6.07) is 14.8. The van der Waals surface area contributed by atoms with E-state index in [0.717, 1.165) is 16.8 Å². The molecule has 0 aliphatic carbocycles. The second-order valence-corrected chi connectivity index (χ2v) is 4.44. The van der Waals surface area contributed by atoms with Crippen molar-refractivity contribution in [1.29, 1.82) is 0 Å². The first kappa shape index (κ1) is 11.5. The summed E-state index contributed by atoms with van der Waals surface area (Å²) in [7, 11) is 0. The van der Waals surface area contributed by atoms with Gasteiger partial charge in [-0.15, -0.1) is 0 Å². The predicted octanol–water partition coefficient (Wildman–Crippen LogP) is 1.48. The second kappa shape index (κ2) is 4.24. The van der Waals surface area contributed by atoms with Crippen LogP contribution in [0.1, 0.15) is 5.69 Å². The summed E-state index contributed by atoms with van der Waals surface area (Å²) < 4.78 is 1.66. The molecule has 0 spiro atoms. The highest BCUT2D eigenvalue weighted by Gasteiger charge is 2.16. The van der Waals surface area contributed by atoms with Crippen molar-refractivity contribution in [3.8, 4) is 11.6 Å². The number of hydrogen-bond acceptors (Lipinski definition) is 3. The van der Waals surface area contributed by atoms with Gasteiger partial charge in [0.1, 0.15) is 0 Å². The van der Waals surface area contributed by atoms with Gasteiger partial charge in [-0.3, -0.25) is 0 Å². The molecule has 19 heavy (non-hydrogen) atoms. The first-order valence-electron chi connectivity index (χ1n) is 6.01. The fourth-order valence-electron chi connectivity index (χ4n) is 2.19. The van der Waals surface area contributed by atoms with Gasteiger partial charge in [-0.2, -0.15) is 0 Å². The Morgan fingerprint density at radius 1 is 1.00 bits per heavy atom. The molecule has 2 aromatic carbocycles. The van der Waals surface area contributed by atoms with E-state index in [1.165, 1.54) is 0 Å². The molecule has 1 aromatic heterocycles. The zero-order valence-corrected chi connectivity index (χ0v) is 10.5. The van der Waals surface area contributed by atoms with E-state index in [-0.39, 0.29) is 5.88 Å². The molecule has 2 N–H and O–H groups in total. The molecule has 0 aliphatic heterocycles. The monoisotopic (exact) mass is 251 g/mol. The molecule has 0 amide bonds. The number of aryl methyl sites for hydroxylation is 1. The third-order valence-electron chi connectivity index (χ3n) is 3.19. The summed E-state index contributed by atoms with van der Waals surface area (Å²) in [6.07, 6.45) is 0. The Hall–Kier alpha value is -2.62. The first-order valence-corrected chi connectivity index (χ1v) is 6.01. The maximum Gasteiger partial charge on any atom is 0.238 e. The number of hydrogen-bond donors (Lipinski definition) is 1. The predicted molar refractivity (Wildman–Crippen MR) is 71.9 cm³/mol. The van der Waals surface area contributed by atoms with E-state index in [1.807, 2.05) is 37.3 Å². The Morgan fingerprint density at radius 2 is 1.63 bits per heavy atom. The topological polar surface area (TPSA) is 65.9 Å². The number of anilines is 1. The SMILES string of the molecule is Cc1c2ccccc2c([O-])n[n+]1-c1ccc(N)cc1. The minimum atomic E-state index is -0.224. The van der Waals surface area contributed by atoms with Gasteiger partial charge in [-0.1, -0.05) is 22.9 Å². The van der Waals surface area contributed by atoms with E-state index in [0.29, 0.717) is 11.1 Å². The van der Waals surface area contributed by atoms with Crippen LogP contribution in [0.5, 0.6) is 5.88 Å². The van der Waals surface area contributed by atoms with Gasteiger partial charge in [0, 0.05) is 30.1 Å². The third kappa shape index (κ3) is 1.87. The normalized spacial score (nSPS) is 10.8. The molecule has 3 aromatic rings. The molecule has 0 atom stereocenters.